The average Bonchev–Trinajstić information content (AvgIpc) is 3.48. The van der Waals surface area contributed by atoms with Gasteiger partial charge in [-0.15, -0.1) is 0 Å². The van der Waals surface area contributed by atoms with Crippen LogP contribution in [-0.2, 0) is 20.9 Å². The summed E-state index contributed by atoms with van der Waals surface area (Å²) < 4.78 is 23.8. The number of hydrogen-bond donors (Lipinski definition) is 2. The number of benzene rings is 4. The maximum atomic E-state index is 12.9. The van der Waals surface area contributed by atoms with E-state index in [0.29, 0.717) is 57.3 Å². The first-order chi connectivity index (χ1) is 25.3. The highest BCUT2D eigenvalue weighted by atomic mass is 16.5. The largest absolute Gasteiger partial charge is 0.508 e. The number of imide groups is 1. The molecule has 1 fully saturated rings. The Bertz CT molecular complexity index is 1900. The molecule has 0 saturated carbocycles. The molecular formula is C41H43N3O8. The number of aromatic hydroxyl groups is 1. The number of hydrogen-bond acceptors (Lipinski definition) is 9. The van der Waals surface area contributed by atoms with E-state index in [1.165, 1.54) is 10.5 Å². The first-order valence-corrected chi connectivity index (χ1v) is 17.7. The van der Waals surface area contributed by atoms with Crippen molar-refractivity contribution >= 4 is 17.7 Å². The fourth-order valence-corrected chi connectivity index (χ4v) is 7.18. The van der Waals surface area contributed by atoms with Gasteiger partial charge >= 0.3 is 0 Å². The highest BCUT2D eigenvalue weighted by Crippen LogP contribution is 2.47. The van der Waals surface area contributed by atoms with Crippen molar-refractivity contribution in [3.05, 3.63) is 119 Å². The van der Waals surface area contributed by atoms with Crippen LogP contribution in [0, 0.1) is 0 Å². The summed E-state index contributed by atoms with van der Waals surface area (Å²) in [5.41, 5.74) is 4.79. The monoisotopic (exact) mass is 705 g/mol. The van der Waals surface area contributed by atoms with Gasteiger partial charge in [-0.05, 0) is 66.6 Å². The average molecular weight is 706 g/mol. The Morgan fingerprint density at radius 2 is 1.62 bits per heavy atom. The molecule has 4 aromatic carbocycles. The molecule has 11 nitrogen and oxygen atoms in total. The Morgan fingerprint density at radius 3 is 2.42 bits per heavy atom. The number of ether oxygens (including phenoxy) is 4. The fourth-order valence-electron chi connectivity index (χ4n) is 7.18. The van der Waals surface area contributed by atoms with Gasteiger partial charge in [0.15, 0.2) is 0 Å². The van der Waals surface area contributed by atoms with Gasteiger partial charge in [-0.1, -0.05) is 48.5 Å². The van der Waals surface area contributed by atoms with Gasteiger partial charge in [0.25, 0.3) is 5.91 Å². The maximum Gasteiger partial charge on any atom is 0.255 e. The lowest BCUT2D eigenvalue weighted by molar-refractivity contribution is -0.136. The van der Waals surface area contributed by atoms with Crippen molar-refractivity contribution in [1.29, 1.82) is 0 Å². The second-order valence-electron chi connectivity index (χ2n) is 13.4. The second kappa shape index (κ2) is 15.9. The van der Waals surface area contributed by atoms with Crippen LogP contribution >= 0.6 is 0 Å². The fraction of sp³-hybridized carbons (Fsp3) is 0.341. The maximum absolute atomic E-state index is 12.9. The lowest BCUT2D eigenvalue weighted by atomic mass is 9.76. The molecule has 3 aliphatic rings. The Hall–Kier alpha value is -5.39. The van der Waals surface area contributed by atoms with Crippen molar-refractivity contribution in [2.75, 3.05) is 53.2 Å². The molecular weight excluding hydrogens is 662 g/mol. The van der Waals surface area contributed by atoms with Crippen LogP contribution < -0.4 is 19.5 Å². The summed E-state index contributed by atoms with van der Waals surface area (Å²) in [6.45, 7) is 4.16. The molecule has 3 unspecified atom stereocenters. The molecule has 3 amide bonds. The third-order valence-corrected chi connectivity index (χ3v) is 9.97. The first-order valence-electron chi connectivity index (χ1n) is 17.7. The zero-order valence-corrected chi connectivity index (χ0v) is 29.2. The zero-order chi connectivity index (χ0) is 36.0. The normalized spacial score (nSPS) is 19.5. The van der Waals surface area contributed by atoms with Crippen molar-refractivity contribution in [3.63, 3.8) is 0 Å². The van der Waals surface area contributed by atoms with Crippen LogP contribution in [0.3, 0.4) is 0 Å². The van der Waals surface area contributed by atoms with Crippen LogP contribution in [-0.4, -0.2) is 91.8 Å². The molecule has 270 valence electrons. The van der Waals surface area contributed by atoms with Gasteiger partial charge < -0.3 is 33.9 Å². The smallest absolute Gasteiger partial charge is 0.255 e. The number of nitrogens with one attached hydrogen (secondary N) is 1. The van der Waals surface area contributed by atoms with Crippen molar-refractivity contribution in [1.82, 2.24) is 15.1 Å². The van der Waals surface area contributed by atoms with E-state index >= 15 is 0 Å². The lowest BCUT2D eigenvalue weighted by Gasteiger charge is -2.34. The van der Waals surface area contributed by atoms with E-state index in [1.54, 1.807) is 24.3 Å². The van der Waals surface area contributed by atoms with Crippen LogP contribution in [0.2, 0.25) is 0 Å². The van der Waals surface area contributed by atoms with Gasteiger partial charge in [0.1, 0.15) is 42.3 Å². The van der Waals surface area contributed by atoms with E-state index in [4.69, 9.17) is 18.9 Å². The Labute approximate surface area is 303 Å². The summed E-state index contributed by atoms with van der Waals surface area (Å²) in [5.74, 6) is 1.64. The molecule has 52 heavy (non-hydrogen) atoms. The van der Waals surface area contributed by atoms with Crippen molar-refractivity contribution in [2.24, 2.45) is 0 Å². The van der Waals surface area contributed by atoms with E-state index < -0.39 is 11.9 Å². The molecule has 0 aromatic heterocycles. The van der Waals surface area contributed by atoms with Gasteiger partial charge in [0, 0.05) is 55.1 Å². The minimum Gasteiger partial charge on any atom is -0.508 e. The summed E-state index contributed by atoms with van der Waals surface area (Å²) in [4.78, 5) is 40.4. The SMILES string of the molecule is CN(CCOCCOc1ccc2c(c1)CN(C1CCC(=O)NC1=O)C2=O)CCOc1ccc(C2c3ccc(O)cc3OCC2c2ccccc2)cc1. The van der Waals surface area contributed by atoms with Crippen LogP contribution in [0.15, 0.2) is 91.0 Å². The number of amides is 3. The molecule has 0 aliphatic carbocycles. The predicted octanol–water partition coefficient (Wildman–Crippen LogP) is 4.87. The quantitative estimate of drug-likeness (QED) is 0.140. The van der Waals surface area contributed by atoms with Gasteiger partial charge in [-0.3, -0.25) is 19.7 Å². The standard InChI is InChI=1S/C41H43N3O8/c1-43(17-19-49-21-22-51-32-12-14-33-29(23-32)25-44(41(33)48)36-15-16-38(46)42-40(36)47)18-20-50-31-10-7-28(8-11-31)39-34-13-9-30(45)24-37(34)52-26-35(39)27-5-3-2-4-6-27/h2-14,23-24,35-36,39,45H,15-22,25-26H2,1H3,(H,42,46,47). The summed E-state index contributed by atoms with van der Waals surface area (Å²) in [7, 11) is 2.03. The number of fused-ring (bicyclic) bond motifs is 2. The second-order valence-corrected chi connectivity index (χ2v) is 13.4. The van der Waals surface area contributed by atoms with Gasteiger partial charge in [0.2, 0.25) is 11.8 Å². The first kappa shape index (κ1) is 35.0. The van der Waals surface area contributed by atoms with Gasteiger partial charge in [-0.2, -0.15) is 0 Å². The van der Waals surface area contributed by atoms with E-state index in [2.05, 4.69) is 46.6 Å². The molecule has 0 bridgehead atoms. The third kappa shape index (κ3) is 7.90. The van der Waals surface area contributed by atoms with E-state index in [9.17, 15) is 19.5 Å². The van der Waals surface area contributed by atoms with E-state index in [1.807, 2.05) is 37.4 Å². The number of carbonyl (C=O) groups excluding carboxylic acids is 3. The molecule has 3 aliphatic heterocycles. The van der Waals surface area contributed by atoms with Crippen LogP contribution in [0.1, 0.15) is 57.3 Å². The number of phenols is 1. The number of nitrogens with zero attached hydrogens (tertiary/aromatic N) is 2. The number of phenolic OH excluding ortho intramolecular Hbond substituents is 1. The molecule has 4 aromatic rings. The van der Waals surface area contributed by atoms with Crippen molar-refractivity contribution in [2.45, 2.75) is 37.3 Å². The zero-order valence-electron chi connectivity index (χ0n) is 29.2. The Morgan fingerprint density at radius 1 is 0.846 bits per heavy atom. The number of piperidine rings is 1. The summed E-state index contributed by atoms with van der Waals surface area (Å²) >= 11 is 0. The van der Waals surface area contributed by atoms with E-state index in [-0.39, 0.29) is 35.8 Å². The molecule has 11 heteroatoms. The Balaban J connectivity index is 0.822. The molecule has 7 rings (SSSR count). The summed E-state index contributed by atoms with van der Waals surface area (Å²) in [5, 5.41) is 12.4. The van der Waals surface area contributed by atoms with Crippen molar-refractivity contribution in [3.8, 4) is 23.0 Å². The molecule has 1 saturated heterocycles. The molecule has 0 radical (unpaired) electrons. The third-order valence-electron chi connectivity index (χ3n) is 9.97. The lowest BCUT2D eigenvalue weighted by Crippen LogP contribution is -2.52. The van der Waals surface area contributed by atoms with E-state index in [0.717, 1.165) is 41.3 Å². The minimum atomic E-state index is -0.639. The number of rotatable bonds is 14. The van der Waals surface area contributed by atoms with Crippen molar-refractivity contribution < 1.29 is 38.4 Å². The molecule has 3 heterocycles. The molecule has 3 atom stereocenters. The molecule has 0 spiro atoms. The minimum absolute atomic E-state index is 0.0780. The Kier molecular flexibility index (Phi) is 10.7. The number of carbonyl (C=O) groups is 3. The summed E-state index contributed by atoms with van der Waals surface area (Å²) in [6.07, 6.45) is 0.556. The van der Waals surface area contributed by atoms with Crippen LogP contribution in [0.4, 0.5) is 0 Å². The van der Waals surface area contributed by atoms with Crippen LogP contribution in [0.5, 0.6) is 23.0 Å². The summed E-state index contributed by atoms with van der Waals surface area (Å²) in [6, 6.07) is 28.7. The highest BCUT2D eigenvalue weighted by molar-refractivity contribution is 6.05. The topological polar surface area (TPSA) is 127 Å². The van der Waals surface area contributed by atoms with Gasteiger partial charge in [0.05, 0.1) is 19.8 Å². The predicted molar refractivity (Wildman–Crippen MR) is 193 cm³/mol. The van der Waals surface area contributed by atoms with Gasteiger partial charge in [-0.25, -0.2) is 0 Å². The molecule has 2 N–H and O–H groups in total. The van der Waals surface area contributed by atoms with Crippen LogP contribution in [0.25, 0.3) is 0 Å². The highest BCUT2D eigenvalue weighted by Gasteiger charge is 2.39. The number of likely N-dealkylation sites (N-methyl/N-ethyl adjacent to an activating group) is 1.